The van der Waals surface area contributed by atoms with E-state index in [1.165, 1.54) is 0 Å². The fourth-order valence-electron chi connectivity index (χ4n) is 1.85. The Balaban J connectivity index is 4.24. The quantitative estimate of drug-likeness (QED) is 0.0854. The summed E-state index contributed by atoms with van der Waals surface area (Å²) in [5.41, 5.74) is -1.74. The molecule has 0 spiro atoms. The molecule has 0 aromatic heterocycles. The van der Waals surface area contributed by atoms with E-state index >= 15 is 0 Å². The van der Waals surface area contributed by atoms with Crippen LogP contribution in [0.5, 0.6) is 0 Å². The van der Waals surface area contributed by atoms with Crippen LogP contribution < -0.4 is 5.09 Å². The van der Waals surface area contributed by atoms with Gasteiger partial charge in [-0.3, -0.25) is 14.7 Å². The number of hydrogen-bond donors (Lipinski definition) is 4. The lowest BCUT2D eigenvalue weighted by atomic mass is 9.81. The number of hydrogen-bond acceptors (Lipinski definition) is 6. The van der Waals surface area contributed by atoms with Crippen molar-refractivity contribution in [3.8, 4) is 12.3 Å². The zero-order valence-corrected chi connectivity index (χ0v) is 15.5. The normalized spacial score (nSPS) is 11.7. The molecule has 0 bridgehead atoms. The van der Waals surface area contributed by atoms with Gasteiger partial charge in [-0.25, -0.2) is 0 Å². The minimum Gasteiger partial charge on any atom is -0.480 e. The Kier molecular flexibility index (Phi) is 13.7. The molecule has 4 N–H and O–H groups in total. The van der Waals surface area contributed by atoms with Crippen LogP contribution in [0.1, 0.15) is 32.1 Å². The van der Waals surface area contributed by atoms with Crippen molar-refractivity contribution >= 4 is 42.3 Å². The number of unbranched alkanes of at least 4 members (excludes halogenated alkanes) is 1. The SMILES string of the molecule is C#CCCCSSCCCC(CCPNCO)(C(=O)O)C(=O)O. The zero-order valence-electron chi connectivity index (χ0n) is 12.9. The summed E-state index contributed by atoms with van der Waals surface area (Å²) < 4.78 is 0. The molecule has 0 aliphatic rings. The molecule has 0 radical (unpaired) electrons. The molecular weight excluding hydrogens is 357 g/mol. The molecular formula is C14H24NO5PS2. The van der Waals surface area contributed by atoms with Crippen LogP contribution in [0.2, 0.25) is 0 Å². The topological polar surface area (TPSA) is 107 Å². The predicted molar refractivity (Wildman–Crippen MR) is 97.9 cm³/mol. The molecule has 0 aliphatic carbocycles. The monoisotopic (exact) mass is 381 g/mol. The summed E-state index contributed by atoms with van der Waals surface area (Å²) in [6.07, 6.45) is 7.96. The minimum atomic E-state index is -1.74. The summed E-state index contributed by atoms with van der Waals surface area (Å²) in [4.78, 5) is 23.0. The molecule has 0 fully saturated rings. The van der Waals surface area contributed by atoms with E-state index in [2.05, 4.69) is 11.0 Å². The summed E-state index contributed by atoms with van der Waals surface area (Å²) in [6.45, 7) is -0.195. The Hall–Kier alpha value is -0.450. The van der Waals surface area contributed by atoms with Crippen LogP contribution in [0.3, 0.4) is 0 Å². The smallest absolute Gasteiger partial charge is 0.321 e. The Bertz CT molecular complexity index is 389. The first-order valence-corrected chi connectivity index (χ1v) is 10.9. The van der Waals surface area contributed by atoms with E-state index < -0.39 is 17.4 Å². The average molecular weight is 381 g/mol. The third kappa shape index (κ3) is 9.43. The van der Waals surface area contributed by atoms with Gasteiger partial charge in [0.15, 0.2) is 5.41 Å². The molecule has 0 saturated heterocycles. The average Bonchev–Trinajstić information content (AvgIpc) is 2.51. The largest absolute Gasteiger partial charge is 0.480 e. The zero-order chi connectivity index (χ0) is 17.6. The van der Waals surface area contributed by atoms with E-state index in [0.717, 1.165) is 18.6 Å². The van der Waals surface area contributed by atoms with Crippen LogP contribution in [-0.4, -0.2) is 51.7 Å². The third-order valence-electron chi connectivity index (χ3n) is 3.16. The fourth-order valence-corrected chi connectivity index (χ4v) is 4.86. The van der Waals surface area contributed by atoms with Gasteiger partial charge in [-0.1, -0.05) is 30.3 Å². The van der Waals surface area contributed by atoms with Crippen LogP contribution in [0.4, 0.5) is 0 Å². The highest BCUT2D eigenvalue weighted by Crippen LogP contribution is 2.33. The van der Waals surface area contributed by atoms with Crippen molar-refractivity contribution in [3.05, 3.63) is 0 Å². The lowest BCUT2D eigenvalue weighted by Gasteiger charge is -2.24. The second kappa shape index (κ2) is 13.9. The van der Waals surface area contributed by atoms with Crippen molar-refractivity contribution in [3.63, 3.8) is 0 Å². The summed E-state index contributed by atoms with van der Waals surface area (Å²) in [7, 11) is 3.44. The maximum atomic E-state index is 11.5. The molecule has 6 nitrogen and oxygen atoms in total. The Morgan fingerprint density at radius 3 is 2.26 bits per heavy atom. The van der Waals surface area contributed by atoms with E-state index in [1.54, 1.807) is 21.6 Å². The molecule has 0 amide bonds. The van der Waals surface area contributed by atoms with Crippen LogP contribution in [-0.2, 0) is 9.59 Å². The van der Waals surface area contributed by atoms with Crippen molar-refractivity contribution in [1.82, 2.24) is 5.09 Å². The van der Waals surface area contributed by atoms with Crippen molar-refractivity contribution < 1.29 is 24.9 Å². The molecule has 0 heterocycles. The van der Waals surface area contributed by atoms with Gasteiger partial charge in [-0.15, -0.1) is 12.3 Å². The highest BCUT2D eigenvalue weighted by atomic mass is 33.1. The van der Waals surface area contributed by atoms with Gasteiger partial charge in [0.05, 0.1) is 6.73 Å². The van der Waals surface area contributed by atoms with Crippen molar-refractivity contribution in [1.29, 1.82) is 0 Å². The van der Waals surface area contributed by atoms with Crippen LogP contribution >= 0.6 is 30.3 Å². The van der Waals surface area contributed by atoms with Crippen molar-refractivity contribution in [2.45, 2.75) is 32.1 Å². The van der Waals surface area contributed by atoms with Crippen LogP contribution in [0.15, 0.2) is 0 Å². The third-order valence-corrected chi connectivity index (χ3v) is 6.65. The van der Waals surface area contributed by atoms with Gasteiger partial charge >= 0.3 is 11.9 Å². The molecule has 0 saturated carbocycles. The van der Waals surface area contributed by atoms with Gasteiger partial charge in [0.1, 0.15) is 0 Å². The Morgan fingerprint density at radius 1 is 1.13 bits per heavy atom. The first-order valence-electron chi connectivity index (χ1n) is 7.22. The number of aliphatic carboxylic acids is 2. The molecule has 0 rings (SSSR count). The van der Waals surface area contributed by atoms with Gasteiger partial charge in [0.25, 0.3) is 0 Å². The molecule has 9 heteroatoms. The fraction of sp³-hybridized carbons (Fsp3) is 0.714. The summed E-state index contributed by atoms with van der Waals surface area (Å²) in [5, 5.41) is 30.1. The number of carboxylic acid groups (broad SMARTS) is 2. The van der Waals surface area contributed by atoms with Gasteiger partial charge in [0.2, 0.25) is 0 Å². The van der Waals surface area contributed by atoms with Crippen LogP contribution in [0.25, 0.3) is 0 Å². The lowest BCUT2D eigenvalue weighted by Crippen LogP contribution is -2.40. The standard InChI is InChI=1S/C14H24NO5PS2/c1-2-3-4-9-22-23-10-5-6-14(12(17)18,13(19)20)7-8-21-15-11-16/h1,15-16,21H,3-11H2,(H,17,18)(H,19,20). The predicted octanol–water partition coefficient (Wildman–Crippen LogP) is 2.24. The van der Waals surface area contributed by atoms with Gasteiger partial charge < -0.3 is 15.3 Å². The van der Waals surface area contributed by atoms with Crippen molar-refractivity contribution in [2.75, 3.05) is 24.4 Å². The molecule has 1 atom stereocenters. The second-order valence-electron chi connectivity index (χ2n) is 4.76. The highest BCUT2D eigenvalue weighted by Gasteiger charge is 2.45. The maximum Gasteiger partial charge on any atom is 0.321 e. The summed E-state index contributed by atoms with van der Waals surface area (Å²) in [5.74, 6) is 1.64. The number of terminal acetylenes is 1. The van der Waals surface area contributed by atoms with E-state index in [9.17, 15) is 19.8 Å². The number of rotatable bonds is 15. The Morgan fingerprint density at radius 2 is 1.74 bits per heavy atom. The first-order chi connectivity index (χ1) is 11.0. The summed E-state index contributed by atoms with van der Waals surface area (Å²) in [6, 6.07) is 0. The molecule has 1 unspecified atom stereocenters. The summed E-state index contributed by atoms with van der Waals surface area (Å²) >= 11 is 0. The van der Waals surface area contributed by atoms with Gasteiger partial charge in [-0.05, 0) is 31.8 Å². The van der Waals surface area contributed by atoms with Gasteiger partial charge in [0, 0.05) is 17.9 Å². The van der Waals surface area contributed by atoms with E-state index in [1.807, 2.05) is 0 Å². The molecule has 23 heavy (non-hydrogen) atoms. The van der Waals surface area contributed by atoms with Crippen molar-refractivity contribution in [2.24, 2.45) is 5.41 Å². The molecule has 0 aromatic rings. The molecule has 132 valence electrons. The second-order valence-corrected chi connectivity index (χ2v) is 8.67. The van der Waals surface area contributed by atoms with Gasteiger partial charge in [-0.2, -0.15) is 0 Å². The Labute approximate surface area is 146 Å². The minimum absolute atomic E-state index is 0.0586. The number of nitrogens with one attached hydrogen (secondary N) is 1. The van der Waals surface area contributed by atoms with Crippen LogP contribution in [0, 0.1) is 17.8 Å². The first kappa shape index (κ1) is 22.6. The van der Waals surface area contributed by atoms with E-state index in [0.29, 0.717) is 18.3 Å². The van der Waals surface area contributed by atoms with E-state index in [-0.39, 0.29) is 28.3 Å². The molecule has 0 aliphatic heterocycles. The van der Waals surface area contributed by atoms with E-state index in [4.69, 9.17) is 11.5 Å². The number of carbonyl (C=O) groups is 2. The maximum absolute atomic E-state index is 11.5. The number of carboxylic acids is 2. The lowest BCUT2D eigenvalue weighted by molar-refractivity contribution is -0.165. The highest BCUT2D eigenvalue weighted by molar-refractivity contribution is 8.76. The molecule has 0 aromatic carbocycles. The number of aliphatic hydroxyl groups is 1. The number of aliphatic hydroxyl groups excluding tert-OH is 1.